The summed E-state index contributed by atoms with van der Waals surface area (Å²) in [6.45, 7) is 12.0. The molecule has 0 N–H and O–H groups in total. The van der Waals surface area contributed by atoms with Crippen molar-refractivity contribution in [2.24, 2.45) is 0 Å². The van der Waals surface area contributed by atoms with E-state index in [9.17, 15) is 0 Å². The third-order valence-electron chi connectivity index (χ3n) is 5.77. The van der Waals surface area contributed by atoms with Gasteiger partial charge in [-0.2, -0.15) is 0 Å². The van der Waals surface area contributed by atoms with Gasteiger partial charge in [-0.3, -0.25) is 0 Å². The minimum Gasteiger partial charge on any atom is -0.447 e. The van der Waals surface area contributed by atoms with Crippen molar-refractivity contribution in [3.05, 3.63) is 144 Å². The van der Waals surface area contributed by atoms with E-state index in [0.29, 0.717) is 5.76 Å². The van der Waals surface area contributed by atoms with Gasteiger partial charge in [0.25, 0.3) is 5.79 Å². The fourth-order valence-corrected chi connectivity index (χ4v) is 4.71. The molecule has 2 aliphatic rings. The Labute approximate surface area is 178 Å². The summed E-state index contributed by atoms with van der Waals surface area (Å²) in [5, 5.41) is 0. The van der Waals surface area contributed by atoms with E-state index in [1.165, 1.54) is 0 Å². The second-order valence-electron chi connectivity index (χ2n) is 7.25. The zero-order valence-electron chi connectivity index (χ0n) is 17.5. The molecule has 2 atom stereocenters. The zero-order chi connectivity index (χ0) is 21.2. The van der Waals surface area contributed by atoms with Gasteiger partial charge in [0.05, 0.1) is 0 Å². The lowest BCUT2D eigenvalue weighted by Crippen LogP contribution is -2.45. The van der Waals surface area contributed by atoms with Crippen LogP contribution in [0, 0.1) is 0 Å². The molecule has 150 valence electrons. The summed E-state index contributed by atoms with van der Waals surface area (Å²) in [7, 11) is 0. The molecule has 2 unspecified atom stereocenters. The highest BCUT2D eigenvalue weighted by molar-refractivity contribution is 5.67. The molecule has 0 radical (unpaired) electrons. The minimum absolute atomic E-state index is 0.714. The number of ether oxygens (including phenoxy) is 2. The molecule has 0 bridgehead atoms. The van der Waals surface area contributed by atoms with Gasteiger partial charge in [-0.25, -0.2) is 0 Å². The van der Waals surface area contributed by atoms with Crippen LogP contribution in [-0.4, -0.2) is 0 Å². The van der Waals surface area contributed by atoms with E-state index in [1.807, 2.05) is 62.4 Å². The topological polar surface area (TPSA) is 18.5 Å². The summed E-state index contributed by atoms with van der Waals surface area (Å²) in [6, 6.07) is 20.5. The maximum Gasteiger partial charge on any atom is 0.296 e. The Morgan fingerprint density at radius 3 is 2.00 bits per heavy atom. The lowest BCUT2D eigenvalue weighted by Gasteiger charge is -2.39. The quantitative estimate of drug-likeness (QED) is 0.551. The molecule has 2 nitrogen and oxygen atoms in total. The molecule has 2 heterocycles. The largest absolute Gasteiger partial charge is 0.447 e. The van der Waals surface area contributed by atoms with Crippen molar-refractivity contribution in [1.82, 2.24) is 0 Å². The number of benzene rings is 2. The molecule has 2 aromatic carbocycles. The molecular formula is C28H26O2. The average molecular weight is 395 g/mol. The first kappa shape index (κ1) is 19.8. The number of hydrogen-bond acceptors (Lipinski definition) is 2. The minimum atomic E-state index is -1.09. The van der Waals surface area contributed by atoms with E-state index < -0.39 is 11.2 Å². The van der Waals surface area contributed by atoms with Gasteiger partial charge >= 0.3 is 0 Å². The fourth-order valence-electron chi connectivity index (χ4n) is 4.71. The standard InChI is InChI=1S/C28H26O2/c1-5-15-23-25(7-3)29-28(22-19-13-10-14-20-22)27(23,21-17-11-9-12-18-21)24(16-6-2)26(8-4)30-28/h5-20H,1,4H2,2-3H3/b16-6-,23-15?,25-7+. The van der Waals surface area contributed by atoms with Crippen molar-refractivity contribution in [2.75, 3.05) is 0 Å². The third kappa shape index (κ3) is 2.50. The number of fused-ring (bicyclic) bond motifs is 1. The van der Waals surface area contributed by atoms with Crippen molar-refractivity contribution in [2.45, 2.75) is 25.0 Å². The first-order valence-electron chi connectivity index (χ1n) is 10.2. The van der Waals surface area contributed by atoms with Crippen LogP contribution >= 0.6 is 0 Å². The lowest BCUT2D eigenvalue weighted by molar-refractivity contribution is -0.186. The first-order valence-corrected chi connectivity index (χ1v) is 10.2. The Bertz CT molecular complexity index is 1090. The summed E-state index contributed by atoms with van der Waals surface area (Å²) in [5.41, 5.74) is 3.34. The van der Waals surface area contributed by atoms with Crippen molar-refractivity contribution in [3.63, 3.8) is 0 Å². The highest BCUT2D eigenvalue weighted by Crippen LogP contribution is 2.67. The van der Waals surface area contributed by atoms with Gasteiger partial charge < -0.3 is 9.47 Å². The second kappa shape index (κ2) is 7.72. The predicted molar refractivity (Wildman–Crippen MR) is 122 cm³/mol. The molecule has 1 fully saturated rings. The maximum atomic E-state index is 6.74. The van der Waals surface area contributed by atoms with E-state index in [0.717, 1.165) is 28.0 Å². The summed E-state index contributed by atoms with van der Waals surface area (Å²) in [4.78, 5) is 0. The van der Waals surface area contributed by atoms with Crippen LogP contribution in [0.25, 0.3) is 0 Å². The van der Waals surface area contributed by atoms with Gasteiger partial charge in [-0.15, -0.1) is 0 Å². The van der Waals surface area contributed by atoms with Crippen LogP contribution in [0.4, 0.5) is 0 Å². The molecule has 4 rings (SSSR count). The van der Waals surface area contributed by atoms with Crippen LogP contribution in [0.15, 0.2) is 133 Å². The maximum absolute atomic E-state index is 6.74. The van der Waals surface area contributed by atoms with Crippen LogP contribution in [0.3, 0.4) is 0 Å². The molecule has 30 heavy (non-hydrogen) atoms. The number of hydrogen-bond donors (Lipinski definition) is 0. The van der Waals surface area contributed by atoms with Crippen LogP contribution in [-0.2, 0) is 20.7 Å². The Morgan fingerprint density at radius 2 is 1.47 bits per heavy atom. The van der Waals surface area contributed by atoms with E-state index in [1.54, 1.807) is 6.08 Å². The highest BCUT2D eigenvalue weighted by atomic mass is 16.7. The normalized spacial score (nSPS) is 27.9. The van der Waals surface area contributed by atoms with E-state index in [4.69, 9.17) is 9.47 Å². The van der Waals surface area contributed by atoms with Crippen LogP contribution < -0.4 is 0 Å². The average Bonchev–Trinajstić information content (AvgIpc) is 3.24. The SMILES string of the molecule is C=CC=C1/C(=C\C)OC2(c3ccccc3)OC(C=C)=C(/C=C\C)C12c1ccccc1. The van der Waals surface area contributed by atoms with E-state index >= 15 is 0 Å². The van der Waals surface area contributed by atoms with Gasteiger partial charge in [0.15, 0.2) is 0 Å². The molecule has 0 spiro atoms. The Hall–Kier alpha value is -3.52. The molecule has 0 saturated carbocycles. The Kier molecular flexibility index (Phi) is 5.09. The molecule has 2 aliphatic heterocycles. The van der Waals surface area contributed by atoms with Gasteiger partial charge in [-0.1, -0.05) is 98.1 Å². The summed E-state index contributed by atoms with van der Waals surface area (Å²) in [6.07, 6.45) is 11.8. The van der Waals surface area contributed by atoms with Crippen molar-refractivity contribution < 1.29 is 9.47 Å². The molecule has 0 amide bonds. The van der Waals surface area contributed by atoms with Gasteiger partial charge in [0, 0.05) is 16.7 Å². The molecular weight excluding hydrogens is 368 g/mol. The highest BCUT2D eigenvalue weighted by Gasteiger charge is 2.71. The first-order chi connectivity index (χ1) is 14.7. The third-order valence-corrected chi connectivity index (χ3v) is 5.77. The monoisotopic (exact) mass is 394 g/mol. The van der Waals surface area contributed by atoms with Crippen molar-refractivity contribution in [3.8, 4) is 0 Å². The van der Waals surface area contributed by atoms with E-state index in [2.05, 4.69) is 55.6 Å². The molecule has 2 heteroatoms. The zero-order valence-corrected chi connectivity index (χ0v) is 17.5. The fraction of sp³-hybridized carbons (Fsp3) is 0.143. The van der Waals surface area contributed by atoms with Crippen molar-refractivity contribution in [1.29, 1.82) is 0 Å². The summed E-state index contributed by atoms with van der Waals surface area (Å²) >= 11 is 0. The van der Waals surface area contributed by atoms with E-state index in [-0.39, 0.29) is 0 Å². The Balaban J connectivity index is 2.22. The van der Waals surface area contributed by atoms with Crippen molar-refractivity contribution >= 4 is 0 Å². The van der Waals surface area contributed by atoms with Crippen LogP contribution in [0.2, 0.25) is 0 Å². The Morgan fingerprint density at radius 1 is 0.833 bits per heavy atom. The van der Waals surface area contributed by atoms with Crippen LogP contribution in [0.5, 0.6) is 0 Å². The predicted octanol–water partition coefficient (Wildman–Crippen LogP) is 6.87. The lowest BCUT2D eigenvalue weighted by atomic mass is 9.63. The van der Waals surface area contributed by atoms with Gasteiger partial charge in [0.1, 0.15) is 16.9 Å². The molecule has 0 aliphatic carbocycles. The summed E-state index contributed by atoms with van der Waals surface area (Å²) < 4.78 is 13.5. The summed E-state index contributed by atoms with van der Waals surface area (Å²) in [5.74, 6) is 0.406. The molecule has 1 saturated heterocycles. The molecule has 2 aromatic rings. The second-order valence-corrected chi connectivity index (χ2v) is 7.25. The van der Waals surface area contributed by atoms with Gasteiger partial charge in [0.2, 0.25) is 0 Å². The number of allylic oxidation sites excluding steroid dienone is 7. The van der Waals surface area contributed by atoms with Crippen LogP contribution in [0.1, 0.15) is 25.0 Å². The number of rotatable bonds is 5. The smallest absolute Gasteiger partial charge is 0.296 e. The van der Waals surface area contributed by atoms with Gasteiger partial charge in [-0.05, 0) is 31.6 Å². The molecule has 0 aromatic heterocycles.